The molecule has 0 amide bonds. The molecule has 2 aliphatic rings. The van der Waals surface area contributed by atoms with Gasteiger partial charge in [-0.25, -0.2) is 8.78 Å². The molecule has 1 aliphatic heterocycles. The van der Waals surface area contributed by atoms with E-state index in [1.54, 1.807) is 18.3 Å². The van der Waals surface area contributed by atoms with Crippen molar-refractivity contribution in [1.82, 2.24) is 10.3 Å². The highest BCUT2D eigenvalue weighted by Gasteiger charge is 2.45. The number of alkyl halides is 2. The fraction of sp³-hybridized carbons (Fsp3) is 0.368. The Labute approximate surface area is 139 Å². The third-order valence-electron chi connectivity index (χ3n) is 5.24. The standard InChI is InChI=1S/C19H19F2N3/c1-18(20,21)12-5-6-13-15(10-12)19(11-24-17(13)22-2)8-7-16-14(19)4-3-9-23-16/h3-6,9-10H,7-8,11H2,1-2H3,(H,22,24). The van der Waals surface area contributed by atoms with Gasteiger partial charge in [0.05, 0.1) is 6.54 Å². The highest BCUT2D eigenvalue weighted by molar-refractivity contribution is 6.01. The molecule has 1 atom stereocenters. The second-order valence-electron chi connectivity index (χ2n) is 6.64. The Balaban J connectivity index is 1.97. The van der Waals surface area contributed by atoms with E-state index in [0.29, 0.717) is 6.54 Å². The molecule has 1 N–H and O–H groups in total. The van der Waals surface area contributed by atoms with Gasteiger partial charge in [0.2, 0.25) is 0 Å². The Kier molecular flexibility index (Phi) is 3.24. The van der Waals surface area contributed by atoms with Crippen LogP contribution in [-0.4, -0.2) is 24.4 Å². The fourth-order valence-corrected chi connectivity index (χ4v) is 4.00. The van der Waals surface area contributed by atoms with Crippen LogP contribution in [0.3, 0.4) is 0 Å². The Morgan fingerprint density at radius 2 is 2.04 bits per heavy atom. The number of pyridine rings is 1. The van der Waals surface area contributed by atoms with Gasteiger partial charge in [0.25, 0.3) is 5.92 Å². The molecule has 0 radical (unpaired) electrons. The van der Waals surface area contributed by atoms with Gasteiger partial charge in [-0.2, -0.15) is 0 Å². The number of amidine groups is 1. The molecule has 0 saturated carbocycles. The summed E-state index contributed by atoms with van der Waals surface area (Å²) in [6.07, 6.45) is 3.50. The van der Waals surface area contributed by atoms with E-state index in [-0.39, 0.29) is 11.0 Å². The molecule has 1 unspecified atom stereocenters. The minimum Gasteiger partial charge on any atom is -0.373 e. The molecule has 0 saturated heterocycles. The second kappa shape index (κ2) is 5.10. The predicted octanol–water partition coefficient (Wildman–Crippen LogP) is 3.41. The molecule has 1 aromatic heterocycles. The number of halogens is 2. The van der Waals surface area contributed by atoms with Gasteiger partial charge in [0.15, 0.2) is 0 Å². The van der Waals surface area contributed by atoms with Crippen LogP contribution in [-0.2, 0) is 17.8 Å². The van der Waals surface area contributed by atoms with Crippen molar-refractivity contribution in [3.8, 4) is 0 Å². The summed E-state index contributed by atoms with van der Waals surface area (Å²) in [7, 11) is 1.81. The Morgan fingerprint density at radius 3 is 2.79 bits per heavy atom. The highest BCUT2D eigenvalue weighted by atomic mass is 19.3. The lowest BCUT2D eigenvalue weighted by atomic mass is 9.71. The van der Waals surface area contributed by atoms with Crippen molar-refractivity contribution in [3.63, 3.8) is 0 Å². The van der Waals surface area contributed by atoms with Crippen LogP contribution in [0.1, 0.15) is 41.3 Å². The largest absolute Gasteiger partial charge is 0.373 e. The van der Waals surface area contributed by atoms with E-state index in [4.69, 9.17) is 4.99 Å². The summed E-state index contributed by atoms with van der Waals surface area (Å²) >= 11 is 0. The summed E-state index contributed by atoms with van der Waals surface area (Å²) in [5.74, 6) is -2.10. The zero-order valence-electron chi connectivity index (χ0n) is 13.7. The SMILES string of the molecule is CNC1=NCC2(CCc3ncccc32)c2cc(C(C)(F)F)ccc21. The van der Waals surface area contributed by atoms with Crippen LogP contribution in [0.4, 0.5) is 8.78 Å². The van der Waals surface area contributed by atoms with Gasteiger partial charge >= 0.3 is 0 Å². The van der Waals surface area contributed by atoms with Crippen LogP contribution < -0.4 is 5.32 Å². The highest BCUT2D eigenvalue weighted by Crippen LogP contribution is 2.47. The normalized spacial score (nSPS) is 22.1. The van der Waals surface area contributed by atoms with Gasteiger partial charge in [-0.15, -0.1) is 0 Å². The molecule has 1 spiro atoms. The molecule has 0 fully saturated rings. The van der Waals surface area contributed by atoms with Crippen molar-refractivity contribution >= 4 is 5.84 Å². The number of hydrogen-bond donors (Lipinski definition) is 1. The van der Waals surface area contributed by atoms with Gasteiger partial charge < -0.3 is 5.32 Å². The Morgan fingerprint density at radius 1 is 1.21 bits per heavy atom. The molecule has 0 bridgehead atoms. The molecule has 2 aromatic rings. The maximum Gasteiger partial charge on any atom is 0.270 e. The predicted molar refractivity (Wildman–Crippen MR) is 89.8 cm³/mol. The number of benzene rings is 1. The minimum atomic E-state index is -2.86. The minimum absolute atomic E-state index is 0.0512. The van der Waals surface area contributed by atoms with E-state index in [2.05, 4.69) is 16.4 Å². The topological polar surface area (TPSA) is 37.3 Å². The summed E-state index contributed by atoms with van der Waals surface area (Å²) in [6.45, 7) is 1.51. The van der Waals surface area contributed by atoms with Crippen LogP contribution in [0.2, 0.25) is 0 Å². The number of fused-ring (bicyclic) bond motifs is 4. The van der Waals surface area contributed by atoms with E-state index >= 15 is 0 Å². The number of rotatable bonds is 1. The van der Waals surface area contributed by atoms with E-state index in [0.717, 1.165) is 48.0 Å². The molecular weight excluding hydrogens is 308 g/mol. The van der Waals surface area contributed by atoms with Crippen molar-refractivity contribution in [2.75, 3.05) is 13.6 Å². The monoisotopic (exact) mass is 327 g/mol. The lowest BCUT2D eigenvalue weighted by Gasteiger charge is -2.36. The fourth-order valence-electron chi connectivity index (χ4n) is 4.00. The first kappa shape index (κ1) is 15.2. The molecule has 1 aliphatic carbocycles. The zero-order chi connectivity index (χ0) is 16.9. The maximum absolute atomic E-state index is 13.9. The molecule has 1 aromatic carbocycles. The third kappa shape index (κ3) is 2.07. The number of aliphatic imine (C=N–C) groups is 1. The van der Waals surface area contributed by atoms with Gasteiger partial charge in [-0.3, -0.25) is 9.98 Å². The Hall–Kier alpha value is -2.30. The third-order valence-corrected chi connectivity index (χ3v) is 5.24. The van der Waals surface area contributed by atoms with Crippen LogP contribution in [0, 0.1) is 0 Å². The maximum atomic E-state index is 13.9. The molecule has 5 heteroatoms. The molecular formula is C19H19F2N3. The summed E-state index contributed by atoms with van der Waals surface area (Å²) in [4.78, 5) is 9.19. The summed E-state index contributed by atoms with van der Waals surface area (Å²) < 4.78 is 27.8. The van der Waals surface area contributed by atoms with Crippen molar-refractivity contribution in [1.29, 1.82) is 0 Å². The average molecular weight is 327 g/mol. The molecule has 3 nitrogen and oxygen atoms in total. The van der Waals surface area contributed by atoms with Crippen LogP contribution in [0.25, 0.3) is 0 Å². The number of hydrogen-bond acceptors (Lipinski definition) is 3. The van der Waals surface area contributed by atoms with Gasteiger partial charge in [-0.05, 0) is 36.1 Å². The quantitative estimate of drug-likeness (QED) is 0.871. The molecule has 24 heavy (non-hydrogen) atoms. The van der Waals surface area contributed by atoms with Crippen molar-refractivity contribution in [2.24, 2.45) is 4.99 Å². The first-order chi connectivity index (χ1) is 11.5. The summed E-state index contributed by atoms with van der Waals surface area (Å²) in [5.41, 5.74) is 3.74. The molecule has 4 rings (SSSR count). The van der Waals surface area contributed by atoms with Gasteiger partial charge in [-0.1, -0.05) is 18.2 Å². The zero-order valence-corrected chi connectivity index (χ0v) is 13.7. The van der Waals surface area contributed by atoms with Crippen LogP contribution in [0.5, 0.6) is 0 Å². The summed E-state index contributed by atoms with van der Waals surface area (Å²) in [5, 5.41) is 3.10. The van der Waals surface area contributed by atoms with Crippen molar-refractivity contribution < 1.29 is 8.78 Å². The lowest BCUT2D eigenvalue weighted by Crippen LogP contribution is -2.38. The number of nitrogens with zero attached hydrogens (tertiary/aromatic N) is 2. The molecule has 2 heterocycles. The van der Waals surface area contributed by atoms with E-state index in [1.165, 1.54) is 6.07 Å². The first-order valence-corrected chi connectivity index (χ1v) is 8.15. The molecule has 124 valence electrons. The lowest BCUT2D eigenvalue weighted by molar-refractivity contribution is 0.0173. The van der Waals surface area contributed by atoms with Gasteiger partial charge in [0, 0.05) is 42.4 Å². The second-order valence-corrected chi connectivity index (χ2v) is 6.64. The smallest absolute Gasteiger partial charge is 0.270 e. The van der Waals surface area contributed by atoms with Gasteiger partial charge in [0.1, 0.15) is 5.84 Å². The van der Waals surface area contributed by atoms with Crippen LogP contribution >= 0.6 is 0 Å². The number of aryl methyl sites for hydroxylation is 1. The van der Waals surface area contributed by atoms with Crippen molar-refractivity contribution in [2.45, 2.75) is 31.1 Å². The average Bonchev–Trinajstić information content (AvgIpc) is 2.94. The van der Waals surface area contributed by atoms with E-state index < -0.39 is 5.92 Å². The van der Waals surface area contributed by atoms with E-state index in [9.17, 15) is 8.78 Å². The number of nitrogens with one attached hydrogen (secondary N) is 1. The first-order valence-electron chi connectivity index (χ1n) is 8.15. The Bertz CT molecular complexity index is 839. The number of aromatic nitrogens is 1. The van der Waals surface area contributed by atoms with Crippen LogP contribution in [0.15, 0.2) is 41.5 Å². The summed E-state index contributed by atoms with van der Waals surface area (Å²) in [6, 6.07) is 8.93. The van der Waals surface area contributed by atoms with Crippen molar-refractivity contribution in [3.05, 3.63) is 64.5 Å². The van der Waals surface area contributed by atoms with E-state index in [1.807, 2.05) is 13.1 Å².